The van der Waals surface area contributed by atoms with Gasteiger partial charge < -0.3 is 9.64 Å². The molecule has 1 heterocycles. The number of likely N-dealkylation sites (tertiary alicyclic amines) is 1. The van der Waals surface area contributed by atoms with Crippen molar-refractivity contribution in [3.05, 3.63) is 59.8 Å². The van der Waals surface area contributed by atoms with Gasteiger partial charge in [-0.3, -0.25) is 0 Å². The van der Waals surface area contributed by atoms with E-state index in [2.05, 4.69) is 43.9 Å². The van der Waals surface area contributed by atoms with Gasteiger partial charge in [0.05, 0.1) is 0 Å². The number of allylic oxidation sites excluding steroid dienone is 7. The Morgan fingerprint density at radius 1 is 1.31 bits per heavy atom. The van der Waals surface area contributed by atoms with Crippen molar-refractivity contribution in [3.8, 4) is 0 Å². The van der Waals surface area contributed by atoms with E-state index in [-0.39, 0.29) is 12.0 Å². The first-order chi connectivity index (χ1) is 12.7. The molecule has 0 spiro atoms. The van der Waals surface area contributed by atoms with E-state index in [1.807, 2.05) is 11.0 Å². The minimum absolute atomic E-state index is 0.0850. The molecule has 0 saturated carbocycles. The van der Waals surface area contributed by atoms with Crippen LogP contribution in [0, 0.1) is 11.8 Å². The van der Waals surface area contributed by atoms with Gasteiger partial charge in [-0.15, -0.1) is 0 Å². The molecule has 0 N–H and O–H groups in total. The topological polar surface area (TPSA) is 29.5 Å². The van der Waals surface area contributed by atoms with Gasteiger partial charge in [-0.05, 0) is 49.2 Å². The highest BCUT2D eigenvalue weighted by Gasteiger charge is 2.26. The van der Waals surface area contributed by atoms with Crippen molar-refractivity contribution in [3.63, 3.8) is 0 Å². The Morgan fingerprint density at radius 2 is 2.19 bits per heavy atom. The molecule has 1 saturated heterocycles. The summed E-state index contributed by atoms with van der Waals surface area (Å²) in [5, 5.41) is 0. The van der Waals surface area contributed by atoms with Gasteiger partial charge in [0.25, 0.3) is 0 Å². The molecule has 3 aliphatic rings. The predicted octanol–water partition coefficient (Wildman–Crippen LogP) is 5.58. The second kappa shape index (κ2) is 9.07. The molecule has 2 atom stereocenters. The zero-order valence-electron chi connectivity index (χ0n) is 16.0. The second-order valence-electron chi connectivity index (χ2n) is 7.55. The van der Waals surface area contributed by atoms with Gasteiger partial charge in [0.15, 0.2) is 0 Å². The van der Waals surface area contributed by atoms with Crippen LogP contribution in [0.5, 0.6) is 0 Å². The third kappa shape index (κ3) is 4.57. The normalized spacial score (nSPS) is 28.7. The first-order valence-electron chi connectivity index (χ1n) is 10.0. The summed E-state index contributed by atoms with van der Waals surface area (Å²) >= 11 is 0. The van der Waals surface area contributed by atoms with Gasteiger partial charge in [0, 0.05) is 19.0 Å². The molecular formula is C23H31NO2. The van der Waals surface area contributed by atoms with Crippen molar-refractivity contribution in [2.24, 2.45) is 11.8 Å². The van der Waals surface area contributed by atoms with Gasteiger partial charge >= 0.3 is 6.09 Å². The standard InChI is InChI=1S/C23H31NO2/c1-3-19-11-9-15-24(16-19)23(25)26-17-22-18(2)10-5-4-6-12-20-13-7-8-14-21(20)22/h4-7,10,13,19,22H,2-3,8-9,11-12,14-17H2,1H3/b6-4-,10-5-. The molecule has 0 aromatic carbocycles. The lowest BCUT2D eigenvalue weighted by molar-refractivity contribution is 0.0784. The number of carbonyl (C=O) groups excluding carboxylic acids is 1. The summed E-state index contributed by atoms with van der Waals surface area (Å²) in [7, 11) is 0. The van der Waals surface area contributed by atoms with Crippen molar-refractivity contribution < 1.29 is 9.53 Å². The third-order valence-corrected chi connectivity index (χ3v) is 5.80. The molecule has 1 aliphatic heterocycles. The summed E-state index contributed by atoms with van der Waals surface area (Å²) in [5.74, 6) is 0.699. The van der Waals surface area contributed by atoms with Crippen molar-refractivity contribution in [1.29, 1.82) is 0 Å². The van der Waals surface area contributed by atoms with Gasteiger partial charge in [-0.1, -0.05) is 62.0 Å². The van der Waals surface area contributed by atoms with E-state index in [1.54, 1.807) is 0 Å². The molecule has 0 aromatic rings. The van der Waals surface area contributed by atoms with Crippen molar-refractivity contribution in [2.75, 3.05) is 19.7 Å². The molecule has 2 unspecified atom stereocenters. The number of piperidine rings is 1. The number of amides is 1. The van der Waals surface area contributed by atoms with Crippen LogP contribution in [0.15, 0.2) is 59.8 Å². The summed E-state index contributed by atoms with van der Waals surface area (Å²) in [6.07, 6.45) is 19.1. The zero-order chi connectivity index (χ0) is 18.4. The van der Waals surface area contributed by atoms with Crippen LogP contribution in [-0.4, -0.2) is 30.7 Å². The molecule has 3 rings (SSSR count). The first-order valence-corrected chi connectivity index (χ1v) is 10.0. The molecule has 0 aromatic heterocycles. The molecular weight excluding hydrogens is 322 g/mol. The van der Waals surface area contributed by atoms with Crippen LogP contribution in [0.3, 0.4) is 0 Å². The Labute approximate surface area is 157 Å². The highest BCUT2D eigenvalue weighted by molar-refractivity contribution is 5.67. The quantitative estimate of drug-likeness (QED) is 0.663. The average molecular weight is 354 g/mol. The second-order valence-corrected chi connectivity index (χ2v) is 7.55. The average Bonchev–Trinajstić information content (AvgIpc) is 2.75. The highest BCUT2D eigenvalue weighted by atomic mass is 16.6. The summed E-state index contributed by atoms with van der Waals surface area (Å²) in [6, 6.07) is 0. The van der Waals surface area contributed by atoms with Gasteiger partial charge in [-0.2, -0.15) is 0 Å². The molecule has 1 fully saturated rings. The van der Waals surface area contributed by atoms with Crippen LogP contribution >= 0.6 is 0 Å². The molecule has 140 valence electrons. The summed E-state index contributed by atoms with van der Waals surface area (Å²) in [5.41, 5.74) is 3.76. The highest BCUT2D eigenvalue weighted by Crippen LogP contribution is 2.33. The molecule has 0 bridgehead atoms. The lowest BCUT2D eigenvalue weighted by Gasteiger charge is -2.32. The monoisotopic (exact) mass is 353 g/mol. The van der Waals surface area contributed by atoms with Crippen LogP contribution in [0.2, 0.25) is 0 Å². The van der Waals surface area contributed by atoms with E-state index in [4.69, 9.17) is 4.74 Å². The summed E-state index contributed by atoms with van der Waals surface area (Å²) in [4.78, 5) is 14.5. The number of rotatable bonds is 3. The van der Waals surface area contributed by atoms with Crippen LogP contribution in [0.25, 0.3) is 0 Å². The van der Waals surface area contributed by atoms with Crippen LogP contribution < -0.4 is 0 Å². The largest absolute Gasteiger partial charge is 0.448 e. The molecule has 26 heavy (non-hydrogen) atoms. The lowest BCUT2D eigenvalue weighted by Crippen LogP contribution is -2.40. The fourth-order valence-corrected chi connectivity index (χ4v) is 4.14. The molecule has 1 amide bonds. The number of nitrogens with zero attached hydrogens (tertiary/aromatic N) is 1. The summed E-state index contributed by atoms with van der Waals surface area (Å²) in [6.45, 7) is 8.51. The van der Waals surface area contributed by atoms with E-state index in [9.17, 15) is 4.79 Å². The van der Waals surface area contributed by atoms with E-state index in [0.29, 0.717) is 12.5 Å². The van der Waals surface area contributed by atoms with Gasteiger partial charge in [0.2, 0.25) is 0 Å². The smallest absolute Gasteiger partial charge is 0.409 e. The van der Waals surface area contributed by atoms with Crippen molar-refractivity contribution in [2.45, 2.75) is 45.4 Å². The Hall–Kier alpha value is -2.03. The first kappa shape index (κ1) is 18.8. The SMILES string of the molecule is C=C1/C=C\C=C/CC2=C(CCC=C2)C1COC(=O)N1CCCC(CC)C1. The summed E-state index contributed by atoms with van der Waals surface area (Å²) < 4.78 is 5.78. The van der Waals surface area contributed by atoms with Gasteiger partial charge in [-0.25, -0.2) is 4.79 Å². The lowest BCUT2D eigenvalue weighted by atomic mass is 9.83. The molecule has 0 radical (unpaired) electrons. The van der Waals surface area contributed by atoms with Crippen LogP contribution in [0.4, 0.5) is 4.79 Å². The fourth-order valence-electron chi connectivity index (χ4n) is 4.14. The van der Waals surface area contributed by atoms with Crippen molar-refractivity contribution >= 4 is 6.09 Å². The number of hydrogen-bond acceptors (Lipinski definition) is 2. The van der Waals surface area contributed by atoms with E-state index in [0.717, 1.165) is 50.8 Å². The molecule has 3 heteroatoms. The molecule has 3 nitrogen and oxygen atoms in total. The van der Waals surface area contributed by atoms with E-state index in [1.165, 1.54) is 17.6 Å². The van der Waals surface area contributed by atoms with Crippen molar-refractivity contribution in [1.82, 2.24) is 4.90 Å². The minimum Gasteiger partial charge on any atom is -0.448 e. The van der Waals surface area contributed by atoms with Crippen LogP contribution in [-0.2, 0) is 4.74 Å². The zero-order valence-corrected chi connectivity index (χ0v) is 16.0. The molecule has 2 aliphatic carbocycles. The van der Waals surface area contributed by atoms with E-state index >= 15 is 0 Å². The fraction of sp³-hybridized carbons (Fsp3) is 0.522. The Bertz CT molecular complexity index is 653. The minimum atomic E-state index is -0.161. The van der Waals surface area contributed by atoms with Gasteiger partial charge in [0.1, 0.15) is 6.61 Å². The Balaban J connectivity index is 1.69. The maximum Gasteiger partial charge on any atom is 0.409 e. The Kier molecular flexibility index (Phi) is 6.54. The van der Waals surface area contributed by atoms with Crippen LogP contribution in [0.1, 0.15) is 45.4 Å². The number of ether oxygens (including phenoxy) is 1. The third-order valence-electron chi connectivity index (χ3n) is 5.80. The maximum atomic E-state index is 12.6. The Morgan fingerprint density at radius 3 is 3.04 bits per heavy atom. The van der Waals surface area contributed by atoms with E-state index < -0.39 is 0 Å². The predicted molar refractivity (Wildman–Crippen MR) is 107 cm³/mol. The number of hydrogen-bond donors (Lipinski definition) is 0. The number of carbonyl (C=O) groups is 1. The maximum absolute atomic E-state index is 12.6.